The molecule has 1 aromatic rings. The Kier molecular flexibility index (Phi) is 1.70. The van der Waals surface area contributed by atoms with Crippen LogP contribution in [0.4, 0.5) is 0 Å². The van der Waals surface area contributed by atoms with Crippen LogP contribution in [0.2, 0.25) is 0 Å². The van der Waals surface area contributed by atoms with Crippen LogP contribution < -0.4 is 5.73 Å². The van der Waals surface area contributed by atoms with Gasteiger partial charge in [0, 0.05) is 12.0 Å². The monoisotopic (exact) mass is 189 g/mol. The van der Waals surface area contributed by atoms with Crippen molar-refractivity contribution in [1.82, 2.24) is 0 Å². The lowest BCUT2D eigenvalue weighted by Gasteiger charge is -2.33. The van der Waals surface area contributed by atoms with Crippen molar-refractivity contribution < 1.29 is 5.11 Å². The van der Waals surface area contributed by atoms with Crippen molar-refractivity contribution in [2.24, 2.45) is 11.7 Å². The molecule has 0 saturated heterocycles. The van der Waals surface area contributed by atoms with Crippen LogP contribution in [-0.2, 0) is 0 Å². The molecule has 0 spiro atoms. The minimum absolute atomic E-state index is 0.167. The van der Waals surface area contributed by atoms with Crippen molar-refractivity contribution in [3.8, 4) is 0 Å². The summed E-state index contributed by atoms with van der Waals surface area (Å²) in [6.07, 6.45) is 1.88. The summed E-state index contributed by atoms with van der Waals surface area (Å²) in [5.74, 6) is 0.773. The van der Waals surface area contributed by atoms with E-state index in [9.17, 15) is 5.11 Å². The highest BCUT2D eigenvalue weighted by atomic mass is 16.3. The van der Waals surface area contributed by atoms with Gasteiger partial charge in [-0.05, 0) is 29.9 Å². The number of nitrogens with two attached hydrogens (primary N) is 1. The molecule has 1 saturated carbocycles. The third-order valence-electron chi connectivity index (χ3n) is 3.89. The minimum atomic E-state index is -0.333. The van der Waals surface area contributed by atoms with E-state index in [1.165, 1.54) is 5.56 Å². The van der Waals surface area contributed by atoms with E-state index in [1.54, 1.807) is 0 Å². The van der Waals surface area contributed by atoms with Gasteiger partial charge in [0.05, 0.1) is 6.10 Å². The first-order valence-electron chi connectivity index (χ1n) is 5.31. The molecule has 2 nitrogen and oxygen atoms in total. The molecule has 2 aliphatic rings. The Balaban J connectivity index is 2.17. The van der Waals surface area contributed by atoms with E-state index < -0.39 is 0 Å². The predicted octanol–water partition coefficient (Wildman–Crippen LogP) is 1.55. The first-order chi connectivity index (χ1) is 6.79. The summed E-state index contributed by atoms with van der Waals surface area (Å²) in [6.45, 7) is 0. The van der Waals surface area contributed by atoms with Crippen LogP contribution in [-0.4, -0.2) is 11.1 Å². The molecular formula is C12H15NO. The van der Waals surface area contributed by atoms with Crippen molar-refractivity contribution in [3.05, 3.63) is 35.4 Å². The lowest BCUT2D eigenvalue weighted by Crippen LogP contribution is -2.37. The highest BCUT2D eigenvalue weighted by molar-refractivity contribution is 5.38. The molecule has 4 atom stereocenters. The van der Waals surface area contributed by atoms with E-state index >= 15 is 0 Å². The molecule has 0 heterocycles. The second-order valence-electron chi connectivity index (χ2n) is 4.50. The molecule has 2 bridgehead atoms. The van der Waals surface area contributed by atoms with Crippen LogP contribution in [0, 0.1) is 5.92 Å². The Morgan fingerprint density at radius 1 is 1.14 bits per heavy atom. The van der Waals surface area contributed by atoms with Gasteiger partial charge in [-0.2, -0.15) is 0 Å². The van der Waals surface area contributed by atoms with E-state index in [0.29, 0.717) is 5.92 Å². The molecular weight excluding hydrogens is 174 g/mol. The lowest BCUT2D eigenvalue weighted by atomic mass is 9.78. The number of aliphatic hydroxyl groups excluding tert-OH is 1. The summed E-state index contributed by atoms with van der Waals surface area (Å²) >= 11 is 0. The topological polar surface area (TPSA) is 46.2 Å². The summed E-state index contributed by atoms with van der Waals surface area (Å²) < 4.78 is 0. The summed E-state index contributed by atoms with van der Waals surface area (Å²) in [4.78, 5) is 0. The molecule has 0 aliphatic heterocycles. The molecule has 0 amide bonds. The van der Waals surface area contributed by atoms with E-state index in [4.69, 9.17) is 5.73 Å². The van der Waals surface area contributed by atoms with Crippen molar-refractivity contribution in [2.45, 2.75) is 30.9 Å². The van der Waals surface area contributed by atoms with Gasteiger partial charge in [-0.3, -0.25) is 0 Å². The largest absolute Gasteiger partial charge is 0.388 e. The zero-order valence-electron chi connectivity index (χ0n) is 8.06. The summed E-state index contributed by atoms with van der Waals surface area (Å²) in [5.41, 5.74) is 8.52. The fourth-order valence-corrected chi connectivity index (χ4v) is 3.14. The maximum absolute atomic E-state index is 10.1. The maximum atomic E-state index is 10.1. The van der Waals surface area contributed by atoms with Gasteiger partial charge >= 0.3 is 0 Å². The van der Waals surface area contributed by atoms with Gasteiger partial charge < -0.3 is 10.8 Å². The third kappa shape index (κ3) is 0.928. The van der Waals surface area contributed by atoms with Gasteiger partial charge in [-0.15, -0.1) is 0 Å². The lowest BCUT2D eigenvalue weighted by molar-refractivity contribution is 0.0935. The van der Waals surface area contributed by atoms with Crippen molar-refractivity contribution in [2.75, 3.05) is 0 Å². The van der Waals surface area contributed by atoms with Gasteiger partial charge in [-0.1, -0.05) is 24.3 Å². The fraction of sp³-hybridized carbons (Fsp3) is 0.500. The Labute approximate surface area is 83.7 Å². The van der Waals surface area contributed by atoms with Gasteiger partial charge in [0.1, 0.15) is 0 Å². The van der Waals surface area contributed by atoms with Crippen molar-refractivity contribution >= 4 is 0 Å². The standard InChI is InChI=1S/C12H15NO/c13-11-8-5-6-10(11)12(14)9-4-2-1-3-7(8)9/h1-4,8,10-12,14H,5-6,13H2. The van der Waals surface area contributed by atoms with Crippen LogP contribution in [0.25, 0.3) is 0 Å². The second-order valence-corrected chi connectivity index (χ2v) is 4.50. The molecule has 1 fully saturated rings. The fourth-order valence-electron chi connectivity index (χ4n) is 3.14. The molecule has 14 heavy (non-hydrogen) atoms. The first-order valence-corrected chi connectivity index (χ1v) is 5.31. The minimum Gasteiger partial charge on any atom is -0.388 e. The van der Waals surface area contributed by atoms with Crippen LogP contribution >= 0.6 is 0 Å². The zero-order valence-corrected chi connectivity index (χ0v) is 8.06. The summed E-state index contributed by atoms with van der Waals surface area (Å²) in [5, 5.41) is 10.1. The number of benzene rings is 1. The summed E-state index contributed by atoms with van der Waals surface area (Å²) in [6, 6.07) is 8.36. The summed E-state index contributed by atoms with van der Waals surface area (Å²) in [7, 11) is 0. The Hall–Kier alpha value is -0.860. The smallest absolute Gasteiger partial charge is 0.0835 e. The normalized spacial score (nSPS) is 39.6. The Morgan fingerprint density at radius 3 is 2.64 bits per heavy atom. The van der Waals surface area contributed by atoms with Crippen LogP contribution in [0.1, 0.15) is 36.0 Å². The average molecular weight is 189 g/mol. The molecule has 74 valence electrons. The van der Waals surface area contributed by atoms with Gasteiger partial charge in [0.2, 0.25) is 0 Å². The molecule has 4 unspecified atom stereocenters. The predicted molar refractivity (Wildman–Crippen MR) is 54.8 cm³/mol. The van der Waals surface area contributed by atoms with Crippen molar-refractivity contribution in [3.63, 3.8) is 0 Å². The number of rotatable bonds is 0. The zero-order chi connectivity index (χ0) is 9.71. The molecule has 0 aromatic heterocycles. The van der Waals surface area contributed by atoms with E-state index in [-0.39, 0.29) is 18.1 Å². The molecule has 3 N–H and O–H groups in total. The third-order valence-corrected chi connectivity index (χ3v) is 3.89. The SMILES string of the molecule is NC1C2CCC1C(O)c1ccccc12. The van der Waals surface area contributed by atoms with Crippen LogP contribution in [0.3, 0.4) is 0 Å². The molecule has 2 aliphatic carbocycles. The van der Waals surface area contributed by atoms with E-state index in [0.717, 1.165) is 18.4 Å². The quantitative estimate of drug-likeness (QED) is 0.650. The van der Waals surface area contributed by atoms with Crippen LogP contribution in [0.15, 0.2) is 24.3 Å². The Bertz CT molecular complexity index is 363. The second kappa shape index (κ2) is 2.81. The highest BCUT2D eigenvalue weighted by Crippen LogP contribution is 2.49. The number of fused-ring (bicyclic) bond motifs is 4. The number of hydrogen-bond donors (Lipinski definition) is 2. The van der Waals surface area contributed by atoms with Gasteiger partial charge in [0.25, 0.3) is 0 Å². The molecule has 1 aromatic carbocycles. The van der Waals surface area contributed by atoms with E-state index in [1.807, 2.05) is 18.2 Å². The maximum Gasteiger partial charge on any atom is 0.0835 e. The molecule has 2 heteroatoms. The first kappa shape index (κ1) is 8.45. The molecule has 3 rings (SSSR count). The Morgan fingerprint density at radius 2 is 1.86 bits per heavy atom. The average Bonchev–Trinajstić information content (AvgIpc) is 2.51. The van der Waals surface area contributed by atoms with Crippen LogP contribution in [0.5, 0.6) is 0 Å². The number of hydrogen-bond acceptors (Lipinski definition) is 2. The number of aliphatic hydroxyl groups is 1. The highest BCUT2D eigenvalue weighted by Gasteiger charge is 2.44. The van der Waals surface area contributed by atoms with Gasteiger partial charge in [0.15, 0.2) is 0 Å². The van der Waals surface area contributed by atoms with Crippen molar-refractivity contribution in [1.29, 1.82) is 0 Å². The van der Waals surface area contributed by atoms with E-state index in [2.05, 4.69) is 6.07 Å². The molecule has 0 radical (unpaired) electrons. The van der Waals surface area contributed by atoms with Gasteiger partial charge in [-0.25, -0.2) is 0 Å².